The Balaban J connectivity index is 1.07. The van der Waals surface area contributed by atoms with Gasteiger partial charge in [0.1, 0.15) is 11.5 Å². The number of hydrogen-bond donors (Lipinski definition) is 2. The highest BCUT2D eigenvalue weighted by Gasteiger charge is 2.48. The number of methoxy groups -OCH3 is 3. The number of likely N-dealkylation sites (tertiary alicyclic amines) is 2. The molecule has 3 aliphatic rings. The number of pyridine rings is 1. The minimum atomic E-state index is -0.684. The number of amides is 1. The Kier molecular flexibility index (Phi) is 9.09. The second-order valence-electron chi connectivity index (χ2n) is 15.3. The van der Waals surface area contributed by atoms with Gasteiger partial charge in [-0.25, -0.2) is 9.67 Å². The molecule has 276 valence electrons. The monoisotopic (exact) mass is 736 g/mol. The van der Waals surface area contributed by atoms with Crippen molar-refractivity contribution in [1.82, 2.24) is 29.9 Å². The third-order valence-corrected chi connectivity index (χ3v) is 11.6. The summed E-state index contributed by atoms with van der Waals surface area (Å²) in [5.41, 5.74) is 6.37. The van der Waals surface area contributed by atoms with E-state index in [2.05, 4.69) is 27.2 Å². The molecular formula is C41H45ClN6O5. The largest absolute Gasteiger partial charge is 0.496 e. The van der Waals surface area contributed by atoms with E-state index < -0.39 is 5.60 Å². The second-order valence-corrected chi connectivity index (χ2v) is 15.7. The fourth-order valence-electron chi connectivity index (χ4n) is 8.19. The number of nitrogens with zero attached hydrogens (tertiary/aromatic N) is 5. The molecule has 0 radical (unpaired) electrons. The van der Waals surface area contributed by atoms with E-state index in [0.29, 0.717) is 41.9 Å². The minimum absolute atomic E-state index is 0.0391. The van der Waals surface area contributed by atoms with E-state index in [4.69, 9.17) is 35.9 Å². The summed E-state index contributed by atoms with van der Waals surface area (Å²) in [5, 5.41) is 19.7. The van der Waals surface area contributed by atoms with Crippen molar-refractivity contribution in [2.45, 2.75) is 39.0 Å². The molecule has 1 spiro atoms. The average Bonchev–Trinajstić information content (AvgIpc) is 3.73. The lowest BCUT2D eigenvalue weighted by molar-refractivity contribution is -0.120. The number of carbonyl (C=O) groups excluding carboxylic acids is 1. The van der Waals surface area contributed by atoms with Gasteiger partial charge in [0.25, 0.3) is 0 Å². The number of ether oxygens (including phenoxy) is 3. The number of benzene rings is 3. The van der Waals surface area contributed by atoms with Gasteiger partial charge in [-0.3, -0.25) is 14.6 Å². The van der Waals surface area contributed by atoms with Gasteiger partial charge >= 0.3 is 0 Å². The lowest BCUT2D eigenvalue weighted by Gasteiger charge is -2.47. The second kappa shape index (κ2) is 13.6. The number of aromatic nitrogens is 3. The maximum Gasteiger partial charge on any atom is 0.220 e. The van der Waals surface area contributed by atoms with Crippen LogP contribution >= 0.6 is 11.6 Å². The summed E-state index contributed by atoms with van der Waals surface area (Å²) in [7, 11) is 4.98. The van der Waals surface area contributed by atoms with Crippen LogP contribution in [0.3, 0.4) is 0 Å². The predicted molar refractivity (Wildman–Crippen MR) is 205 cm³/mol. The Labute approximate surface area is 314 Å². The first-order valence-corrected chi connectivity index (χ1v) is 18.4. The molecule has 0 atom stereocenters. The summed E-state index contributed by atoms with van der Waals surface area (Å²) in [6.45, 7) is 9.21. The van der Waals surface area contributed by atoms with E-state index in [-0.39, 0.29) is 17.2 Å². The third kappa shape index (κ3) is 6.50. The van der Waals surface area contributed by atoms with E-state index in [1.165, 1.54) is 0 Å². The molecule has 3 saturated heterocycles. The van der Waals surface area contributed by atoms with Gasteiger partial charge in [-0.15, -0.1) is 0 Å². The van der Waals surface area contributed by atoms with Gasteiger partial charge in [0.15, 0.2) is 0 Å². The lowest BCUT2D eigenvalue weighted by Crippen LogP contribution is -2.56. The van der Waals surface area contributed by atoms with Crippen LogP contribution in [0, 0.1) is 11.3 Å². The van der Waals surface area contributed by atoms with Gasteiger partial charge < -0.3 is 24.6 Å². The summed E-state index contributed by atoms with van der Waals surface area (Å²) >= 11 is 7.22. The number of fused-ring (bicyclic) bond motifs is 1. The molecule has 2 N–H and O–H groups in total. The van der Waals surface area contributed by atoms with Crippen molar-refractivity contribution >= 4 is 28.4 Å². The van der Waals surface area contributed by atoms with Gasteiger partial charge in [-0.2, -0.15) is 5.10 Å². The van der Waals surface area contributed by atoms with Gasteiger partial charge in [0.2, 0.25) is 11.8 Å². The van der Waals surface area contributed by atoms with Crippen LogP contribution in [-0.2, 0) is 17.9 Å². The molecule has 3 aliphatic heterocycles. The summed E-state index contributed by atoms with van der Waals surface area (Å²) in [4.78, 5) is 21.4. The van der Waals surface area contributed by atoms with Crippen molar-refractivity contribution in [3.8, 4) is 45.5 Å². The van der Waals surface area contributed by atoms with Crippen LogP contribution in [0.4, 0.5) is 0 Å². The summed E-state index contributed by atoms with van der Waals surface area (Å²) < 4.78 is 19.5. The van der Waals surface area contributed by atoms with Crippen LogP contribution < -0.4 is 19.5 Å². The quantitative estimate of drug-likeness (QED) is 0.170. The number of halogens is 1. The number of aliphatic hydroxyl groups is 1. The van der Waals surface area contributed by atoms with Crippen molar-refractivity contribution < 1.29 is 24.1 Å². The van der Waals surface area contributed by atoms with E-state index in [1.807, 2.05) is 73.3 Å². The zero-order valence-corrected chi connectivity index (χ0v) is 31.5. The molecular weight excluding hydrogens is 692 g/mol. The SMILES string of the molecule is COc1cc(-n2ncc3c(-c4cccc(-c5ccc(CN6CC(C(C)(C)O)C6)c(OC)n5)c4Cl)cccc32)cc(OC)c1CN1CC2(CNC(=O)C2)C1. The molecule has 5 heterocycles. The standard InChI is InChI=1S/C41H45ClN6O5/c1-40(2,50)26-19-46(20-26)18-25-12-13-33(45-39(25)53-5)30-10-6-9-29(38(30)42)28-8-7-11-34-31(28)17-44-48(34)27-14-35(51-3)32(36(15-27)52-4)21-47-23-41(24-47)16-37(49)43-22-41/h6-15,17,26,50H,16,18-24H2,1-5H3,(H,43,49). The van der Waals surface area contributed by atoms with Crippen LogP contribution in [0.5, 0.6) is 17.4 Å². The molecule has 11 nitrogen and oxygen atoms in total. The van der Waals surface area contributed by atoms with E-state index in [0.717, 1.165) is 82.8 Å². The van der Waals surface area contributed by atoms with Crippen molar-refractivity contribution in [2.75, 3.05) is 54.1 Å². The lowest BCUT2D eigenvalue weighted by atomic mass is 9.79. The van der Waals surface area contributed by atoms with Gasteiger partial charge in [0, 0.05) is 97.8 Å². The molecule has 12 heteroatoms. The topological polar surface area (TPSA) is 114 Å². The number of rotatable bonds is 11. The highest BCUT2D eigenvalue weighted by atomic mass is 35.5. The molecule has 3 aromatic carbocycles. The first-order valence-electron chi connectivity index (χ1n) is 18.0. The Morgan fingerprint density at radius 1 is 0.925 bits per heavy atom. The number of carbonyl (C=O) groups is 1. The van der Waals surface area contributed by atoms with E-state index >= 15 is 0 Å². The fraction of sp³-hybridized carbons (Fsp3) is 0.390. The first-order chi connectivity index (χ1) is 25.5. The molecule has 3 fully saturated rings. The summed E-state index contributed by atoms with van der Waals surface area (Å²) in [6, 6.07) is 20.1. The van der Waals surface area contributed by atoms with Crippen LogP contribution in [0.1, 0.15) is 31.4 Å². The van der Waals surface area contributed by atoms with Crippen LogP contribution in [-0.4, -0.2) is 95.2 Å². The number of hydrogen-bond acceptors (Lipinski definition) is 9. The normalized spacial score (nSPS) is 17.5. The molecule has 0 saturated carbocycles. The van der Waals surface area contributed by atoms with Crippen molar-refractivity contribution in [3.63, 3.8) is 0 Å². The zero-order chi connectivity index (χ0) is 37.1. The van der Waals surface area contributed by atoms with Gasteiger partial charge in [-0.05, 0) is 31.5 Å². The molecule has 0 bridgehead atoms. The molecule has 53 heavy (non-hydrogen) atoms. The smallest absolute Gasteiger partial charge is 0.220 e. The molecule has 0 aliphatic carbocycles. The predicted octanol–water partition coefficient (Wildman–Crippen LogP) is 5.96. The Hall–Kier alpha value is -4.68. The molecule has 1 amide bonds. The van der Waals surface area contributed by atoms with Crippen molar-refractivity contribution in [2.24, 2.45) is 11.3 Å². The van der Waals surface area contributed by atoms with Crippen LogP contribution in [0.25, 0.3) is 39.0 Å². The molecule has 8 rings (SSSR count). The van der Waals surface area contributed by atoms with Gasteiger partial charge in [-0.1, -0.05) is 48.0 Å². The van der Waals surface area contributed by atoms with Crippen molar-refractivity contribution in [1.29, 1.82) is 0 Å². The first kappa shape index (κ1) is 35.4. The molecule has 0 unspecified atom stereocenters. The van der Waals surface area contributed by atoms with Gasteiger partial charge in [0.05, 0.1) is 60.6 Å². The van der Waals surface area contributed by atoms with Crippen LogP contribution in [0.15, 0.2) is 66.9 Å². The Morgan fingerprint density at radius 3 is 2.28 bits per heavy atom. The summed E-state index contributed by atoms with van der Waals surface area (Å²) in [5.74, 6) is 2.38. The summed E-state index contributed by atoms with van der Waals surface area (Å²) in [6.07, 6.45) is 2.45. The molecule has 5 aromatic rings. The van der Waals surface area contributed by atoms with Crippen molar-refractivity contribution in [3.05, 3.63) is 83.0 Å². The zero-order valence-electron chi connectivity index (χ0n) is 30.8. The van der Waals surface area contributed by atoms with E-state index in [1.54, 1.807) is 21.3 Å². The Bertz CT molecular complexity index is 2180. The maximum atomic E-state index is 11.9. The minimum Gasteiger partial charge on any atom is -0.496 e. The number of nitrogens with one attached hydrogen (secondary N) is 1. The maximum absolute atomic E-state index is 11.9. The molecule has 2 aromatic heterocycles. The average molecular weight is 737 g/mol. The Morgan fingerprint density at radius 2 is 1.62 bits per heavy atom. The highest BCUT2D eigenvalue weighted by Crippen LogP contribution is 2.43. The fourth-order valence-corrected chi connectivity index (χ4v) is 8.52. The van der Waals surface area contributed by atoms with Crippen LogP contribution in [0.2, 0.25) is 5.02 Å². The van der Waals surface area contributed by atoms with E-state index in [9.17, 15) is 9.90 Å². The highest BCUT2D eigenvalue weighted by molar-refractivity contribution is 6.36. The third-order valence-electron chi connectivity index (χ3n) is 11.2.